The van der Waals surface area contributed by atoms with E-state index in [1.165, 1.54) is 12.1 Å². The summed E-state index contributed by atoms with van der Waals surface area (Å²) in [6.45, 7) is 2.54. The Labute approximate surface area is 144 Å². The van der Waals surface area contributed by atoms with E-state index in [4.69, 9.17) is 4.74 Å². The molecular formula is C20H17FN2O2. The maximum Gasteiger partial charge on any atom is 0.264 e. The van der Waals surface area contributed by atoms with Crippen LogP contribution in [-0.4, -0.2) is 21.9 Å². The Morgan fingerprint density at radius 2 is 1.96 bits per heavy atom. The number of aromatic nitrogens is 1. The first-order valence-corrected chi connectivity index (χ1v) is 8.19. The summed E-state index contributed by atoms with van der Waals surface area (Å²) in [5.74, 6) is 0.108. The van der Waals surface area contributed by atoms with Gasteiger partial charge in [-0.3, -0.25) is 4.79 Å². The minimum atomic E-state index is -0.615. The quantitative estimate of drug-likeness (QED) is 0.717. The molecule has 0 aliphatic carbocycles. The third-order valence-electron chi connectivity index (χ3n) is 4.36. The van der Waals surface area contributed by atoms with E-state index >= 15 is 0 Å². The van der Waals surface area contributed by atoms with Gasteiger partial charge in [0, 0.05) is 17.5 Å². The lowest BCUT2D eigenvalue weighted by Crippen LogP contribution is -2.37. The molecule has 0 N–H and O–H groups in total. The van der Waals surface area contributed by atoms with E-state index in [0.717, 1.165) is 22.0 Å². The number of hydrogen-bond acceptors (Lipinski definition) is 3. The van der Waals surface area contributed by atoms with Gasteiger partial charge in [0.05, 0.1) is 12.1 Å². The van der Waals surface area contributed by atoms with Crippen molar-refractivity contribution in [3.63, 3.8) is 0 Å². The number of hydrogen-bond donors (Lipinski definition) is 0. The SMILES string of the molecule is C[C@H]1Oc2nc3ccccc3cc2CN(Cc2ccc(F)cc2)C1=O. The van der Waals surface area contributed by atoms with Crippen LogP contribution < -0.4 is 4.74 Å². The number of carbonyl (C=O) groups excluding carboxylic acids is 1. The predicted octanol–water partition coefficient (Wildman–Crippen LogP) is 3.68. The smallest absolute Gasteiger partial charge is 0.264 e. The molecule has 0 saturated carbocycles. The number of benzene rings is 2. The lowest BCUT2D eigenvalue weighted by Gasteiger charge is -2.22. The second-order valence-electron chi connectivity index (χ2n) is 6.23. The van der Waals surface area contributed by atoms with Crippen LogP contribution in [0.25, 0.3) is 10.9 Å². The zero-order chi connectivity index (χ0) is 17.4. The van der Waals surface area contributed by atoms with E-state index in [2.05, 4.69) is 4.98 Å². The monoisotopic (exact) mass is 336 g/mol. The number of fused-ring (bicyclic) bond motifs is 2. The van der Waals surface area contributed by atoms with Crippen LogP contribution in [0, 0.1) is 5.82 Å². The second kappa shape index (κ2) is 6.16. The molecule has 0 saturated heterocycles. The van der Waals surface area contributed by atoms with Gasteiger partial charge in [-0.15, -0.1) is 0 Å². The highest BCUT2D eigenvalue weighted by Gasteiger charge is 2.29. The van der Waals surface area contributed by atoms with Crippen molar-refractivity contribution >= 4 is 16.8 Å². The number of carbonyl (C=O) groups is 1. The Morgan fingerprint density at radius 1 is 1.20 bits per heavy atom. The van der Waals surface area contributed by atoms with Gasteiger partial charge in [0.1, 0.15) is 5.82 Å². The van der Waals surface area contributed by atoms with E-state index in [9.17, 15) is 9.18 Å². The number of pyridine rings is 1. The first kappa shape index (κ1) is 15.6. The number of rotatable bonds is 2. The zero-order valence-electron chi connectivity index (χ0n) is 13.8. The largest absolute Gasteiger partial charge is 0.464 e. The molecule has 25 heavy (non-hydrogen) atoms. The molecule has 5 heteroatoms. The normalized spacial score (nSPS) is 17.1. The van der Waals surface area contributed by atoms with Crippen LogP contribution in [0.15, 0.2) is 54.6 Å². The minimum Gasteiger partial charge on any atom is -0.464 e. The van der Waals surface area contributed by atoms with Crippen LogP contribution in [0.1, 0.15) is 18.1 Å². The van der Waals surface area contributed by atoms with Crippen LogP contribution in [0.2, 0.25) is 0 Å². The summed E-state index contributed by atoms with van der Waals surface area (Å²) in [7, 11) is 0. The molecule has 1 atom stereocenters. The Morgan fingerprint density at radius 3 is 2.76 bits per heavy atom. The average molecular weight is 336 g/mol. The standard InChI is InChI=1S/C20H17FN2O2/c1-13-20(24)23(11-14-6-8-17(21)9-7-14)12-16-10-15-4-2-3-5-18(15)22-19(16)25-13/h2-10,13H,11-12H2,1H3/t13-/m1/s1. The summed E-state index contributed by atoms with van der Waals surface area (Å²) >= 11 is 0. The summed E-state index contributed by atoms with van der Waals surface area (Å²) in [5.41, 5.74) is 2.59. The van der Waals surface area contributed by atoms with E-state index in [-0.39, 0.29) is 11.7 Å². The number of amides is 1. The molecule has 1 amide bonds. The maximum atomic E-state index is 13.1. The number of halogens is 1. The van der Waals surface area contributed by atoms with Gasteiger partial charge in [-0.1, -0.05) is 30.3 Å². The Kier molecular flexibility index (Phi) is 3.84. The van der Waals surface area contributed by atoms with Crippen molar-refractivity contribution in [1.29, 1.82) is 0 Å². The van der Waals surface area contributed by atoms with Gasteiger partial charge in [-0.05, 0) is 36.8 Å². The summed E-state index contributed by atoms with van der Waals surface area (Å²) in [4.78, 5) is 19.0. The topological polar surface area (TPSA) is 42.4 Å². The molecule has 1 aromatic heterocycles. The highest BCUT2D eigenvalue weighted by atomic mass is 19.1. The number of ether oxygens (including phenoxy) is 1. The Balaban J connectivity index is 1.70. The first-order chi connectivity index (χ1) is 12.1. The maximum absolute atomic E-state index is 13.1. The van der Waals surface area contributed by atoms with E-state index < -0.39 is 6.10 Å². The molecule has 2 heterocycles. The molecule has 126 valence electrons. The zero-order valence-corrected chi connectivity index (χ0v) is 13.8. The molecule has 1 aliphatic heterocycles. The van der Waals surface area contributed by atoms with Gasteiger partial charge >= 0.3 is 0 Å². The van der Waals surface area contributed by atoms with Crippen molar-refractivity contribution in [2.45, 2.75) is 26.1 Å². The molecule has 4 rings (SSSR count). The third kappa shape index (κ3) is 3.05. The van der Waals surface area contributed by atoms with E-state index in [0.29, 0.717) is 19.0 Å². The molecule has 0 radical (unpaired) electrons. The molecule has 1 aliphatic rings. The molecule has 0 bridgehead atoms. The second-order valence-corrected chi connectivity index (χ2v) is 6.23. The Bertz CT molecular complexity index is 940. The summed E-state index contributed by atoms with van der Waals surface area (Å²) in [6, 6.07) is 16.0. The van der Waals surface area contributed by atoms with Gasteiger partial charge < -0.3 is 9.64 Å². The lowest BCUT2D eigenvalue weighted by atomic mass is 10.1. The highest BCUT2D eigenvalue weighted by molar-refractivity contribution is 5.83. The molecular weight excluding hydrogens is 319 g/mol. The van der Waals surface area contributed by atoms with Crippen molar-refractivity contribution in [3.8, 4) is 5.88 Å². The lowest BCUT2D eigenvalue weighted by molar-refractivity contribution is -0.138. The fourth-order valence-electron chi connectivity index (χ4n) is 3.06. The fraction of sp³-hybridized carbons (Fsp3) is 0.200. The number of nitrogens with zero attached hydrogens (tertiary/aromatic N) is 2. The van der Waals surface area contributed by atoms with Gasteiger partial charge in [0.2, 0.25) is 5.88 Å². The van der Waals surface area contributed by atoms with Crippen molar-refractivity contribution in [3.05, 3.63) is 71.5 Å². The van der Waals surface area contributed by atoms with Gasteiger partial charge in [0.15, 0.2) is 6.10 Å². The van der Waals surface area contributed by atoms with Crippen LogP contribution in [-0.2, 0) is 17.9 Å². The molecule has 0 fully saturated rings. The van der Waals surface area contributed by atoms with Crippen molar-refractivity contribution < 1.29 is 13.9 Å². The van der Waals surface area contributed by atoms with Gasteiger partial charge in [0.25, 0.3) is 5.91 Å². The highest BCUT2D eigenvalue weighted by Crippen LogP contribution is 2.28. The molecule has 4 nitrogen and oxygen atoms in total. The average Bonchev–Trinajstić information content (AvgIpc) is 2.72. The third-order valence-corrected chi connectivity index (χ3v) is 4.36. The Hall–Kier alpha value is -2.95. The van der Waals surface area contributed by atoms with E-state index in [1.54, 1.807) is 24.0 Å². The van der Waals surface area contributed by atoms with Crippen molar-refractivity contribution in [2.24, 2.45) is 0 Å². The fourth-order valence-corrected chi connectivity index (χ4v) is 3.06. The first-order valence-electron chi connectivity index (χ1n) is 8.19. The molecule has 0 spiro atoms. The summed E-state index contributed by atoms with van der Waals surface area (Å²) in [6.07, 6.45) is -0.615. The van der Waals surface area contributed by atoms with E-state index in [1.807, 2.05) is 30.3 Å². The number of para-hydroxylation sites is 1. The molecule has 0 unspecified atom stereocenters. The van der Waals surface area contributed by atoms with Crippen LogP contribution in [0.3, 0.4) is 0 Å². The van der Waals surface area contributed by atoms with Crippen LogP contribution in [0.5, 0.6) is 5.88 Å². The van der Waals surface area contributed by atoms with Crippen molar-refractivity contribution in [2.75, 3.05) is 0 Å². The minimum absolute atomic E-state index is 0.105. The van der Waals surface area contributed by atoms with Crippen LogP contribution in [0.4, 0.5) is 4.39 Å². The summed E-state index contributed by atoms with van der Waals surface area (Å²) in [5, 5.41) is 1.01. The van der Waals surface area contributed by atoms with Gasteiger partial charge in [-0.2, -0.15) is 0 Å². The van der Waals surface area contributed by atoms with Crippen LogP contribution >= 0.6 is 0 Å². The molecule has 2 aromatic carbocycles. The van der Waals surface area contributed by atoms with Crippen molar-refractivity contribution in [1.82, 2.24) is 9.88 Å². The van der Waals surface area contributed by atoms with Gasteiger partial charge in [-0.25, -0.2) is 9.37 Å². The predicted molar refractivity (Wildman–Crippen MR) is 92.5 cm³/mol. The molecule has 3 aromatic rings. The summed E-state index contributed by atoms with van der Waals surface area (Å²) < 4.78 is 18.9.